The van der Waals surface area contributed by atoms with Gasteiger partial charge in [-0.1, -0.05) is 20.8 Å². The summed E-state index contributed by atoms with van der Waals surface area (Å²) in [5, 5.41) is 7.01. The Morgan fingerprint density at radius 2 is 1.56 bits per heavy atom. The van der Waals surface area contributed by atoms with Crippen LogP contribution in [0.5, 0.6) is 0 Å². The molecule has 3 nitrogen and oxygen atoms in total. The molecule has 0 aliphatic carbocycles. The molecule has 0 unspecified atom stereocenters. The molecule has 0 radical (unpaired) electrons. The lowest BCUT2D eigenvalue weighted by molar-refractivity contribution is 0.270. The predicted octanol–water partition coefficient (Wildman–Crippen LogP) is 2.48. The minimum absolute atomic E-state index is 0.294. The second-order valence-electron chi connectivity index (χ2n) is 5.66. The van der Waals surface area contributed by atoms with Crippen molar-refractivity contribution in [2.45, 2.75) is 59.4 Å². The normalized spacial score (nSPS) is 12.3. The van der Waals surface area contributed by atoms with Crippen LogP contribution in [0.1, 0.15) is 53.9 Å². The molecule has 0 aliphatic heterocycles. The largest absolute Gasteiger partial charge is 0.317 e. The summed E-state index contributed by atoms with van der Waals surface area (Å²) in [7, 11) is 0. The SMILES string of the molecule is CCNCCCN(CC)CCCNC(C)(C)CC. The van der Waals surface area contributed by atoms with Crippen molar-refractivity contribution in [3.8, 4) is 0 Å². The maximum Gasteiger partial charge on any atom is 0.0122 e. The number of nitrogens with one attached hydrogen (secondary N) is 2. The maximum atomic E-state index is 3.63. The van der Waals surface area contributed by atoms with Gasteiger partial charge in [0.2, 0.25) is 0 Å². The van der Waals surface area contributed by atoms with E-state index in [1.54, 1.807) is 0 Å². The summed E-state index contributed by atoms with van der Waals surface area (Å²) in [4.78, 5) is 2.55. The third kappa shape index (κ3) is 9.86. The fraction of sp³-hybridized carbons (Fsp3) is 1.00. The smallest absolute Gasteiger partial charge is 0.0122 e. The van der Waals surface area contributed by atoms with Gasteiger partial charge in [-0.2, -0.15) is 0 Å². The van der Waals surface area contributed by atoms with E-state index in [-0.39, 0.29) is 0 Å². The highest BCUT2D eigenvalue weighted by Crippen LogP contribution is 2.06. The minimum Gasteiger partial charge on any atom is -0.317 e. The Hall–Kier alpha value is -0.120. The molecule has 0 heterocycles. The molecule has 0 aromatic carbocycles. The monoisotopic (exact) mass is 257 g/mol. The highest BCUT2D eigenvalue weighted by Gasteiger charge is 2.12. The van der Waals surface area contributed by atoms with Gasteiger partial charge in [0.15, 0.2) is 0 Å². The summed E-state index contributed by atoms with van der Waals surface area (Å²) in [6, 6.07) is 0. The van der Waals surface area contributed by atoms with E-state index in [1.807, 2.05) is 0 Å². The summed E-state index contributed by atoms with van der Waals surface area (Å²) < 4.78 is 0. The van der Waals surface area contributed by atoms with Crippen LogP contribution in [0.25, 0.3) is 0 Å². The van der Waals surface area contributed by atoms with Gasteiger partial charge >= 0.3 is 0 Å². The first-order chi connectivity index (χ1) is 8.55. The molecule has 0 spiro atoms. The van der Waals surface area contributed by atoms with Crippen molar-refractivity contribution >= 4 is 0 Å². The van der Waals surface area contributed by atoms with Crippen LogP contribution in [0.3, 0.4) is 0 Å². The molecule has 0 aromatic heterocycles. The number of nitrogens with zero attached hydrogens (tertiary/aromatic N) is 1. The first kappa shape index (κ1) is 17.9. The second kappa shape index (κ2) is 10.8. The Kier molecular flexibility index (Phi) is 10.7. The zero-order chi connectivity index (χ0) is 13.9. The lowest BCUT2D eigenvalue weighted by Gasteiger charge is -2.26. The van der Waals surface area contributed by atoms with Crippen LogP contribution in [0.4, 0.5) is 0 Å². The molecule has 0 atom stereocenters. The molecule has 18 heavy (non-hydrogen) atoms. The number of rotatable bonds is 12. The van der Waals surface area contributed by atoms with Crippen molar-refractivity contribution in [3.63, 3.8) is 0 Å². The van der Waals surface area contributed by atoms with Gasteiger partial charge in [0, 0.05) is 5.54 Å². The van der Waals surface area contributed by atoms with Crippen LogP contribution in [-0.2, 0) is 0 Å². The Bertz CT molecular complexity index is 181. The molecule has 2 N–H and O–H groups in total. The molecule has 3 heteroatoms. The third-order valence-corrected chi connectivity index (χ3v) is 3.66. The molecule has 0 amide bonds. The van der Waals surface area contributed by atoms with Crippen LogP contribution in [0, 0.1) is 0 Å². The second-order valence-corrected chi connectivity index (χ2v) is 5.66. The first-order valence-electron chi connectivity index (χ1n) is 7.73. The van der Waals surface area contributed by atoms with E-state index in [1.165, 1.54) is 38.9 Å². The number of hydrogen-bond acceptors (Lipinski definition) is 3. The molecular weight excluding hydrogens is 222 g/mol. The molecule has 0 bridgehead atoms. The van der Waals surface area contributed by atoms with Crippen LogP contribution < -0.4 is 10.6 Å². The van der Waals surface area contributed by atoms with Crippen LogP contribution in [-0.4, -0.2) is 49.7 Å². The van der Waals surface area contributed by atoms with Crippen LogP contribution in [0.2, 0.25) is 0 Å². The average Bonchev–Trinajstić information content (AvgIpc) is 2.37. The van der Waals surface area contributed by atoms with E-state index in [2.05, 4.69) is 50.2 Å². The molecule has 0 saturated carbocycles. The van der Waals surface area contributed by atoms with E-state index >= 15 is 0 Å². The van der Waals surface area contributed by atoms with Crippen molar-refractivity contribution in [1.82, 2.24) is 15.5 Å². The van der Waals surface area contributed by atoms with E-state index < -0.39 is 0 Å². The van der Waals surface area contributed by atoms with Gasteiger partial charge in [0.1, 0.15) is 0 Å². The van der Waals surface area contributed by atoms with Gasteiger partial charge in [0.05, 0.1) is 0 Å². The average molecular weight is 257 g/mol. The van der Waals surface area contributed by atoms with Gasteiger partial charge in [-0.3, -0.25) is 0 Å². The molecule has 0 aliphatic rings. The summed E-state index contributed by atoms with van der Waals surface area (Å²) >= 11 is 0. The van der Waals surface area contributed by atoms with Gasteiger partial charge in [-0.15, -0.1) is 0 Å². The standard InChI is InChI=1S/C15H35N3/c1-6-15(4,5)17-12-10-14-18(8-3)13-9-11-16-7-2/h16-17H,6-14H2,1-5H3. The molecule has 0 fully saturated rings. The minimum atomic E-state index is 0.294. The first-order valence-corrected chi connectivity index (χ1v) is 7.73. The fourth-order valence-electron chi connectivity index (χ4n) is 1.89. The molecule has 0 rings (SSSR count). The lowest BCUT2D eigenvalue weighted by Crippen LogP contribution is -2.40. The fourth-order valence-corrected chi connectivity index (χ4v) is 1.89. The van der Waals surface area contributed by atoms with Crippen molar-refractivity contribution in [1.29, 1.82) is 0 Å². The van der Waals surface area contributed by atoms with Crippen molar-refractivity contribution in [3.05, 3.63) is 0 Å². The summed E-state index contributed by atoms with van der Waals surface area (Å²) in [6.45, 7) is 18.2. The lowest BCUT2D eigenvalue weighted by atomic mass is 10.0. The predicted molar refractivity (Wildman–Crippen MR) is 82.3 cm³/mol. The Morgan fingerprint density at radius 1 is 0.944 bits per heavy atom. The third-order valence-electron chi connectivity index (χ3n) is 3.66. The van der Waals surface area contributed by atoms with E-state index in [9.17, 15) is 0 Å². The molecule has 0 aromatic rings. The van der Waals surface area contributed by atoms with Gasteiger partial charge in [-0.05, 0) is 72.4 Å². The van der Waals surface area contributed by atoms with Crippen LogP contribution >= 0.6 is 0 Å². The van der Waals surface area contributed by atoms with E-state index in [0.717, 1.165) is 19.6 Å². The summed E-state index contributed by atoms with van der Waals surface area (Å²) in [5.74, 6) is 0. The maximum absolute atomic E-state index is 3.63. The highest BCUT2D eigenvalue weighted by molar-refractivity contribution is 4.75. The highest BCUT2D eigenvalue weighted by atomic mass is 15.1. The molecule has 110 valence electrons. The quantitative estimate of drug-likeness (QED) is 0.526. The Balaban J connectivity index is 3.55. The zero-order valence-corrected chi connectivity index (χ0v) is 13.3. The van der Waals surface area contributed by atoms with Crippen molar-refractivity contribution in [2.75, 3.05) is 39.3 Å². The van der Waals surface area contributed by atoms with Crippen molar-refractivity contribution in [2.24, 2.45) is 0 Å². The van der Waals surface area contributed by atoms with E-state index in [0.29, 0.717) is 5.54 Å². The summed E-state index contributed by atoms with van der Waals surface area (Å²) in [6.07, 6.45) is 3.70. The molecule has 0 saturated heterocycles. The number of hydrogen-bond donors (Lipinski definition) is 2. The van der Waals surface area contributed by atoms with Gasteiger partial charge in [-0.25, -0.2) is 0 Å². The van der Waals surface area contributed by atoms with Gasteiger partial charge < -0.3 is 15.5 Å². The van der Waals surface area contributed by atoms with Gasteiger partial charge in [0.25, 0.3) is 0 Å². The molecular formula is C15H35N3. The topological polar surface area (TPSA) is 27.3 Å². The Morgan fingerprint density at radius 3 is 2.06 bits per heavy atom. The Labute approximate surface area is 115 Å². The van der Waals surface area contributed by atoms with Crippen LogP contribution in [0.15, 0.2) is 0 Å². The zero-order valence-electron chi connectivity index (χ0n) is 13.3. The van der Waals surface area contributed by atoms with E-state index in [4.69, 9.17) is 0 Å². The summed E-state index contributed by atoms with van der Waals surface area (Å²) in [5.41, 5.74) is 0.294. The van der Waals surface area contributed by atoms with Crippen molar-refractivity contribution < 1.29 is 0 Å².